The maximum atomic E-state index is 12.1. The highest BCUT2D eigenvalue weighted by Crippen LogP contribution is 2.21. The van der Waals surface area contributed by atoms with Crippen molar-refractivity contribution in [1.29, 1.82) is 0 Å². The van der Waals surface area contributed by atoms with E-state index in [0.717, 1.165) is 37.4 Å². The van der Waals surface area contributed by atoms with Gasteiger partial charge in [0, 0.05) is 24.9 Å². The molecule has 3 rings (SSSR count). The van der Waals surface area contributed by atoms with Crippen molar-refractivity contribution in [2.75, 3.05) is 31.2 Å². The summed E-state index contributed by atoms with van der Waals surface area (Å²) < 4.78 is 5.40. The first-order valence-corrected chi connectivity index (χ1v) is 9.10. The smallest absolute Gasteiger partial charge is 0.244 e. The van der Waals surface area contributed by atoms with Gasteiger partial charge in [0.25, 0.3) is 0 Å². The molecule has 1 atom stereocenters. The molecule has 126 valence electrons. The molecule has 0 unspecified atom stereocenters. The Bertz CT molecular complexity index is 691. The monoisotopic (exact) mass is 342 g/mol. The molecule has 1 aliphatic rings. The number of anilines is 1. The second kappa shape index (κ2) is 8.13. The van der Waals surface area contributed by atoms with Gasteiger partial charge in [0.1, 0.15) is 0 Å². The maximum Gasteiger partial charge on any atom is 0.244 e. The highest BCUT2D eigenvalue weighted by Gasteiger charge is 2.13. The minimum Gasteiger partial charge on any atom is -0.378 e. The van der Waals surface area contributed by atoms with Crippen LogP contribution in [0.3, 0.4) is 0 Å². The molecule has 1 fully saturated rings. The number of morpholine rings is 1. The Labute approximate surface area is 146 Å². The fourth-order valence-corrected chi connectivity index (χ4v) is 3.33. The summed E-state index contributed by atoms with van der Waals surface area (Å²) in [6.07, 6.45) is 3.42. The highest BCUT2D eigenvalue weighted by molar-refractivity contribution is 7.08. The van der Waals surface area contributed by atoms with Crippen molar-refractivity contribution in [2.24, 2.45) is 0 Å². The number of hydrogen-bond donors (Lipinski definition) is 1. The molecule has 0 aliphatic carbocycles. The summed E-state index contributed by atoms with van der Waals surface area (Å²) in [6, 6.07) is 10.3. The lowest BCUT2D eigenvalue weighted by Gasteiger charge is -2.29. The lowest BCUT2D eigenvalue weighted by Crippen LogP contribution is -2.36. The molecule has 1 aromatic heterocycles. The first-order chi connectivity index (χ1) is 11.7. The van der Waals surface area contributed by atoms with Gasteiger partial charge in [-0.3, -0.25) is 4.79 Å². The van der Waals surface area contributed by atoms with Gasteiger partial charge in [-0.05, 0) is 53.1 Å². The van der Waals surface area contributed by atoms with E-state index in [1.165, 1.54) is 5.69 Å². The maximum absolute atomic E-state index is 12.1. The van der Waals surface area contributed by atoms with Gasteiger partial charge in [0.15, 0.2) is 0 Å². The van der Waals surface area contributed by atoms with Crippen LogP contribution < -0.4 is 10.2 Å². The number of carbonyl (C=O) groups excluding carboxylic acids is 1. The largest absolute Gasteiger partial charge is 0.378 e. The van der Waals surface area contributed by atoms with Gasteiger partial charge in [0.05, 0.1) is 19.3 Å². The van der Waals surface area contributed by atoms with Crippen molar-refractivity contribution in [2.45, 2.75) is 13.0 Å². The zero-order valence-corrected chi connectivity index (χ0v) is 14.6. The Morgan fingerprint density at radius 3 is 2.92 bits per heavy atom. The molecule has 1 amide bonds. The zero-order valence-electron chi connectivity index (χ0n) is 13.8. The number of hydrogen-bond acceptors (Lipinski definition) is 4. The molecule has 2 aromatic rings. The minimum absolute atomic E-state index is 0.0365. The number of nitrogens with zero attached hydrogens (tertiary/aromatic N) is 1. The molecule has 5 heteroatoms. The normalized spacial score (nSPS) is 16.3. The van der Waals surface area contributed by atoms with Crippen molar-refractivity contribution in [3.05, 3.63) is 58.3 Å². The molecule has 24 heavy (non-hydrogen) atoms. The number of nitrogens with one attached hydrogen (secondary N) is 1. The Kier molecular flexibility index (Phi) is 5.67. The molecule has 4 nitrogen and oxygen atoms in total. The number of rotatable bonds is 5. The van der Waals surface area contributed by atoms with Crippen molar-refractivity contribution >= 4 is 29.0 Å². The molecular formula is C19H22N2O2S. The lowest BCUT2D eigenvalue weighted by molar-refractivity contribution is -0.117. The first-order valence-electron chi connectivity index (χ1n) is 8.16. The summed E-state index contributed by atoms with van der Waals surface area (Å²) in [5, 5.41) is 7.03. The van der Waals surface area contributed by atoms with Crippen molar-refractivity contribution in [3.8, 4) is 0 Å². The number of thiophene rings is 1. The average Bonchev–Trinajstić information content (AvgIpc) is 3.14. The first kappa shape index (κ1) is 16.7. The standard InChI is InChI=1S/C19H22N2O2S/c1-15(20-19(22)6-5-16-7-12-24-14-16)17-3-2-4-18(13-17)21-8-10-23-11-9-21/h2-7,12-15H,8-11H2,1H3,(H,20,22)/t15-/m0/s1. The van der Waals surface area contributed by atoms with Crippen molar-refractivity contribution < 1.29 is 9.53 Å². The van der Waals surface area contributed by atoms with Crippen molar-refractivity contribution in [3.63, 3.8) is 0 Å². The minimum atomic E-state index is -0.0783. The van der Waals surface area contributed by atoms with E-state index in [9.17, 15) is 4.79 Å². The van der Waals surface area contributed by atoms with E-state index in [2.05, 4.69) is 28.4 Å². The Morgan fingerprint density at radius 2 is 2.17 bits per heavy atom. The van der Waals surface area contributed by atoms with Crippen molar-refractivity contribution in [1.82, 2.24) is 5.32 Å². The van der Waals surface area contributed by atoms with Gasteiger partial charge in [-0.1, -0.05) is 12.1 Å². The third-order valence-corrected chi connectivity index (χ3v) is 4.78. The van der Waals surface area contributed by atoms with Crippen LogP contribution in [0.15, 0.2) is 47.2 Å². The Balaban J connectivity index is 1.61. The molecule has 0 radical (unpaired) electrons. The fraction of sp³-hybridized carbons (Fsp3) is 0.316. The summed E-state index contributed by atoms with van der Waals surface area (Å²) in [5.74, 6) is -0.0783. The SMILES string of the molecule is C[C@H](NC(=O)C=Cc1ccsc1)c1cccc(N2CCOCC2)c1. The fourth-order valence-electron chi connectivity index (χ4n) is 2.70. The van der Waals surface area contributed by atoms with Crippen LogP contribution in [0.5, 0.6) is 0 Å². The molecule has 1 aromatic carbocycles. The quantitative estimate of drug-likeness (QED) is 0.846. The number of benzene rings is 1. The van der Waals surface area contributed by atoms with Crippen LogP contribution in [-0.2, 0) is 9.53 Å². The summed E-state index contributed by atoms with van der Waals surface area (Å²) in [4.78, 5) is 14.4. The van der Waals surface area contributed by atoms with Crippen LogP contribution in [0.1, 0.15) is 24.1 Å². The van der Waals surface area contributed by atoms with Gasteiger partial charge >= 0.3 is 0 Å². The summed E-state index contributed by atoms with van der Waals surface area (Å²) in [6.45, 7) is 5.36. The molecule has 0 spiro atoms. The van der Waals surface area contributed by atoms with Crippen LogP contribution in [0, 0.1) is 0 Å². The highest BCUT2D eigenvalue weighted by atomic mass is 32.1. The van der Waals surface area contributed by atoms with E-state index in [1.807, 2.05) is 35.9 Å². The molecular weight excluding hydrogens is 320 g/mol. The second-order valence-corrected chi connectivity index (χ2v) is 6.59. The third kappa shape index (κ3) is 4.46. The lowest BCUT2D eigenvalue weighted by atomic mass is 10.1. The van der Waals surface area contributed by atoms with E-state index in [0.29, 0.717) is 0 Å². The average molecular weight is 342 g/mol. The predicted molar refractivity (Wildman–Crippen MR) is 99.4 cm³/mol. The summed E-state index contributed by atoms with van der Waals surface area (Å²) in [5.41, 5.74) is 3.35. The van der Waals surface area contributed by atoms with Gasteiger partial charge in [-0.2, -0.15) is 11.3 Å². The summed E-state index contributed by atoms with van der Waals surface area (Å²) in [7, 11) is 0. The topological polar surface area (TPSA) is 41.6 Å². The van der Waals surface area contributed by atoms with Gasteiger partial charge in [-0.15, -0.1) is 0 Å². The predicted octanol–water partition coefficient (Wildman–Crippen LogP) is 3.48. The van der Waals surface area contributed by atoms with Crippen LogP contribution in [0.4, 0.5) is 5.69 Å². The van der Waals surface area contributed by atoms with Crippen LogP contribution in [-0.4, -0.2) is 32.2 Å². The Morgan fingerprint density at radius 1 is 1.33 bits per heavy atom. The second-order valence-electron chi connectivity index (χ2n) is 5.81. The van der Waals surface area contributed by atoms with Gasteiger partial charge in [-0.25, -0.2) is 0 Å². The number of amides is 1. The Hall–Kier alpha value is -2.11. The zero-order chi connectivity index (χ0) is 16.8. The number of ether oxygens (including phenoxy) is 1. The molecule has 1 N–H and O–H groups in total. The van der Waals surface area contributed by atoms with E-state index in [1.54, 1.807) is 17.4 Å². The molecule has 0 saturated carbocycles. The molecule has 2 heterocycles. The van der Waals surface area contributed by atoms with Gasteiger partial charge < -0.3 is 15.0 Å². The van der Waals surface area contributed by atoms with E-state index in [-0.39, 0.29) is 11.9 Å². The molecule has 1 saturated heterocycles. The van der Waals surface area contributed by atoms with Crippen LogP contribution in [0.25, 0.3) is 6.08 Å². The van der Waals surface area contributed by atoms with E-state index >= 15 is 0 Å². The van der Waals surface area contributed by atoms with Crippen LogP contribution in [0.2, 0.25) is 0 Å². The molecule has 1 aliphatic heterocycles. The van der Waals surface area contributed by atoms with Crippen LogP contribution >= 0.6 is 11.3 Å². The third-order valence-electron chi connectivity index (χ3n) is 4.08. The van der Waals surface area contributed by atoms with E-state index in [4.69, 9.17) is 4.74 Å². The van der Waals surface area contributed by atoms with Gasteiger partial charge in [0.2, 0.25) is 5.91 Å². The van der Waals surface area contributed by atoms with E-state index < -0.39 is 0 Å². The number of carbonyl (C=O) groups is 1. The summed E-state index contributed by atoms with van der Waals surface area (Å²) >= 11 is 1.62. The molecule has 0 bridgehead atoms.